The highest BCUT2D eigenvalue weighted by molar-refractivity contribution is 5.68. The van der Waals surface area contributed by atoms with Gasteiger partial charge in [0.15, 0.2) is 6.29 Å². The van der Waals surface area contributed by atoms with E-state index in [4.69, 9.17) is 14.2 Å². The summed E-state index contributed by atoms with van der Waals surface area (Å²) < 4.78 is 16.5. The number of aliphatic hydroxyl groups is 1. The summed E-state index contributed by atoms with van der Waals surface area (Å²) in [6.07, 6.45) is -0.711. The molecule has 0 saturated carbocycles. The molecule has 2 saturated heterocycles. The van der Waals surface area contributed by atoms with Crippen molar-refractivity contribution >= 4 is 6.09 Å². The van der Waals surface area contributed by atoms with Crippen molar-refractivity contribution in [3.05, 3.63) is 0 Å². The molecule has 0 bridgehead atoms. The van der Waals surface area contributed by atoms with E-state index in [1.54, 1.807) is 4.90 Å². The summed E-state index contributed by atoms with van der Waals surface area (Å²) in [7, 11) is 0. The molecule has 1 amide bonds. The van der Waals surface area contributed by atoms with Crippen LogP contribution in [0, 0.1) is 5.92 Å². The molecule has 6 heteroatoms. The molecular formula is C14H25NO5. The van der Waals surface area contributed by atoms with E-state index in [1.165, 1.54) is 0 Å². The van der Waals surface area contributed by atoms with Crippen LogP contribution in [0.3, 0.4) is 0 Å². The third kappa shape index (κ3) is 3.24. The van der Waals surface area contributed by atoms with Crippen LogP contribution in [0.5, 0.6) is 0 Å². The Kier molecular flexibility index (Phi) is 4.56. The molecule has 0 aromatic rings. The monoisotopic (exact) mass is 287 g/mol. The molecular weight excluding hydrogens is 262 g/mol. The highest BCUT2D eigenvalue weighted by Crippen LogP contribution is 2.34. The lowest BCUT2D eigenvalue weighted by atomic mass is 9.91. The molecule has 2 aliphatic rings. The average molecular weight is 287 g/mol. The van der Waals surface area contributed by atoms with Gasteiger partial charge in [0.05, 0.1) is 31.3 Å². The Labute approximate surface area is 120 Å². The molecule has 6 nitrogen and oxygen atoms in total. The van der Waals surface area contributed by atoms with Crippen molar-refractivity contribution < 1.29 is 24.1 Å². The van der Waals surface area contributed by atoms with Crippen molar-refractivity contribution in [2.45, 2.75) is 58.2 Å². The minimum absolute atomic E-state index is 0.198. The van der Waals surface area contributed by atoms with Crippen molar-refractivity contribution in [1.29, 1.82) is 0 Å². The summed E-state index contributed by atoms with van der Waals surface area (Å²) in [4.78, 5) is 13.9. The molecule has 116 valence electrons. The van der Waals surface area contributed by atoms with E-state index < -0.39 is 18.0 Å². The first-order valence-corrected chi connectivity index (χ1v) is 7.24. The number of hydrogen-bond donors (Lipinski definition) is 1. The summed E-state index contributed by atoms with van der Waals surface area (Å²) in [5.41, 5.74) is -0.537. The molecule has 0 unspecified atom stereocenters. The Morgan fingerprint density at radius 2 is 2.10 bits per heavy atom. The van der Waals surface area contributed by atoms with Gasteiger partial charge in [-0.25, -0.2) is 4.79 Å². The average Bonchev–Trinajstić information content (AvgIpc) is 2.73. The van der Waals surface area contributed by atoms with Crippen LogP contribution in [-0.4, -0.2) is 59.9 Å². The number of hydrogen-bond acceptors (Lipinski definition) is 5. The van der Waals surface area contributed by atoms with E-state index in [0.29, 0.717) is 26.2 Å². The molecule has 2 rings (SSSR count). The van der Waals surface area contributed by atoms with Crippen LogP contribution in [-0.2, 0) is 14.2 Å². The summed E-state index contributed by atoms with van der Waals surface area (Å²) in [6, 6.07) is -0.199. The fraction of sp³-hybridized carbons (Fsp3) is 0.929. The van der Waals surface area contributed by atoms with Crippen LogP contribution >= 0.6 is 0 Å². The van der Waals surface area contributed by atoms with Gasteiger partial charge in [0.2, 0.25) is 0 Å². The predicted molar refractivity (Wildman–Crippen MR) is 72.2 cm³/mol. The van der Waals surface area contributed by atoms with Crippen molar-refractivity contribution in [3.63, 3.8) is 0 Å². The number of fused-ring (bicyclic) bond motifs is 1. The molecule has 2 heterocycles. The van der Waals surface area contributed by atoms with Gasteiger partial charge in [-0.05, 0) is 34.1 Å². The fourth-order valence-electron chi connectivity index (χ4n) is 2.81. The minimum Gasteiger partial charge on any atom is -0.444 e. The number of carbonyl (C=O) groups is 1. The predicted octanol–water partition coefficient (Wildman–Crippen LogP) is 1.37. The van der Waals surface area contributed by atoms with Crippen molar-refractivity contribution in [1.82, 2.24) is 4.90 Å². The maximum atomic E-state index is 12.3. The Bertz CT molecular complexity index is 354. The van der Waals surface area contributed by atoms with E-state index in [1.807, 2.05) is 27.7 Å². The lowest BCUT2D eigenvalue weighted by Crippen LogP contribution is -2.52. The third-order valence-corrected chi connectivity index (χ3v) is 3.70. The van der Waals surface area contributed by atoms with E-state index in [0.717, 1.165) is 0 Å². The Morgan fingerprint density at radius 1 is 1.40 bits per heavy atom. The van der Waals surface area contributed by atoms with Crippen LogP contribution in [0.4, 0.5) is 4.79 Å². The molecule has 0 aliphatic carbocycles. The highest BCUT2D eigenvalue weighted by atomic mass is 16.7. The molecule has 0 aromatic carbocycles. The normalized spacial score (nSPS) is 33.6. The zero-order valence-corrected chi connectivity index (χ0v) is 12.7. The van der Waals surface area contributed by atoms with Crippen LogP contribution < -0.4 is 0 Å². The fourth-order valence-corrected chi connectivity index (χ4v) is 2.81. The highest BCUT2D eigenvalue weighted by Gasteiger charge is 2.48. The largest absolute Gasteiger partial charge is 0.444 e. The quantitative estimate of drug-likeness (QED) is 0.830. The van der Waals surface area contributed by atoms with Gasteiger partial charge in [0.25, 0.3) is 0 Å². The smallest absolute Gasteiger partial charge is 0.410 e. The van der Waals surface area contributed by atoms with E-state index in [9.17, 15) is 9.90 Å². The third-order valence-electron chi connectivity index (χ3n) is 3.70. The first-order valence-electron chi connectivity index (χ1n) is 7.24. The second-order valence-electron chi connectivity index (χ2n) is 6.34. The number of likely N-dealkylation sites (N-methyl/N-ethyl adjacent to an activating group) is 1. The Hall–Kier alpha value is -0.850. The molecule has 0 spiro atoms. The lowest BCUT2D eigenvalue weighted by Gasteiger charge is -2.37. The minimum atomic E-state index is -0.537. The number of amides is 1. The number of ether oxygens (including phenoxy) is 3. The van der Waals surface area contributed by atoms with Crippen LogP contribution in [0.25, 0.3) is 0 Å². The summed E-state index contributed by atoms with van der Waals surface area (Å²) >= 11 is 0. The second-order valence-corrected chi connectivity index (χ2v) is 6.34. The number of nitrogens with zero attached hydrogens (tertiary/aromatic N) is 1. The zero-order chi connectivity index (χ0) is 14.9. The summed E-state index contributed by atoms with van der Waals surface area (Å²) in [5.74, 6) is -0.198. The SMILES string of the molecule is CCN(C(=O)OC(C)(C)C)[C@H]1CO[C@@H]2OCC[C@H](O)[C@@H]21. The number of rotatable bonds is 2. The first-order chi connectivity index (χ1) is 9.33. The molecule has 4 atom stereocenters. The van der Waals surface area contributed by atoms with Gasteiger partial charge in [-0.2, -0.15) is 0 Å². The first kappa shape index (κ1) is 15.5. The maximum absolute atomic E-state index is 12.3. The van der Waals surface area contributed by atoms with Crippen molar-refractivity contribution in [2.24, 2.45) is 5.92 Å². The molecule has 0 aromatic heterocycles. The van der Waals surface area contributed by atoms with Gasteiger partial charge in [-0.1, -0.05) is 0 Å². The van der Waals surface area contributed by atoms with Gasteiger partial charge in [-0.3, -0.25) is 0 Å². The van der Waals surface area contributed by atoms with Gasteiger partial charge in [0.1, 0.15) is 5.60 Å². The Balaban J connectivity index is 2.09. The van der Waals surface area contributed by atoms with Crippen molar-refractivity contribution in [2.75, 3.05) is 19.8 Å². The second kappa shape index (κ2) is 5.87. The standard InChI is InChI=1S/C14H25NO5/c1-5-15(13(17)20-14(2,3)4)9-8-19-12-11(9)10(16)6-7-18-12/h9-12,16H,5-8H2,1-4H3/t9-,10-,11-,12-/m0/s1. The molecule has 1 N–H and O–H groups in total. The van der Waals surface area contributed by atoms with Gasteiger partial charge < -0.3 is 24.2 Å². The van der Waals surface area contributed by atoms with Crippen molar-refractivity contribution in [3.8, 4) is 0 Å². The summed E-state index contributed by atoms with van der Waals surface area (Å²) in [6.45, 7) is 8.79. The van der Waals surface area contributed by atoms with Gasteiger partial charge >= 0.3 is 6.09 Å². The van der Waals surface area contributed by atoms with E-state index in [2.05, 4.69) is 0 Å². The zero-order valence-electron chi connectivity index (χ0n) is 12.7. The molecule has 0 radical (unpaired) electrons. The molecule has 2 aliphatic heterocycles. The Morgan fingerprint density at radius 3 is 2.70 bits per heavy atom. The van der Waals surface area contributed by atoms with Crippen LogP contribution in [0.15, 0.2) is 0 Å². The number of aliphatic hydroxyl groups excluding tert-OH is 1. The van der Waals surface area contributed by atoms with Gasteiger partial charge in [0, 0.05) is 6.54 Å². The van der Waals surface area contributed by atoms with E-state index in [-0.39, 0.29) is 18.1 Å². The maximum Gasteiger partial charge on any atom is 0.410 e. The molecule has 20 heavy (non-hydrogen) atoms. The van der Waals surface area contributed by atoms with Crippen LogP contribution in [0.2, 0.25) is 0 Å². The lowest BCUT2D eigenvalue weighted by molar-refractivity contribution is -0.181. The van der Waals surface area contributed by atoms with Gasteiger partial charge in [-0.15, -0.1) is 0 Å². The summed E-state index contributed by atoms with van der Waals surface area (Å²) in [5, 5.41) is 10.2. The topological polar surface area (TPSA) is 68.2 Å². The van der Waals surface area contributed by atoms with E-state index >= 15 is 0 Å². The van der Waals surface area contributed by atoms with Crippen LogP contribution in [0.1, 0.15) is 34.1 Å². The molecule has 2 fully saturated rings. The number of carbonyl (C=O) groups excluding carboxylic acids is 1.